The van der Waals surface area contributed by atoms with E-state index in [9.17, 15) is 32.1 Å². The molecule has 35 heavy (non-hydrogen) atoms. The van der Waals surface area contributed by atoms with E-state index in [2.05, 4.69) is 5.32 Å². The molecule has 3 rings (SSSR count). The van der Waals surface area contributed by atoms with Crippen molar-refractivity contribution in [1.29, 1.82) is 0 Å². The number of benzene rings is 2. The molecule has 0 saturated heterocycles. The van der Waals surface area contributed by atoms with Crippen LogP contribution in [-0.4, -0.2) is 66.0 Å². The molecule has 9 nitrogen and oxygen atoms in total. The highest BCUT2D eigenvalue weighted by Crippen LogP contribution is 2.33. The maximum absolute atomic E-state index is 12.7. The van der Waals surface area contributed by atoms with Gasteiger partial charge < -0.3 is 15.2 Å². The number of amides is 1. The van der Waals surface area contributed by atoms with Crippen molar-refractivity contribution in [3.8, 4) is 0 Å². The van der Waals surface area contributed by atoms with Crippen molar-refractivity contribution in [3.05, 3.63) is 65.7 Å². The van der Waals surface area contributed by atoms with Gasteiger partial charge in [0.2, 0.25) is 5.91 Å². The summed E-state index contributed by atoms with van der Waals surface area (Å²) in [6.45, 7) is 0.0751. The van der Waals surface area contributed by atoms with Crippen LogP contribution in [0, 0.1) is 0 Å². The number of sulfone groups is 1. The number of rotatable bonds is 11. The van der Waals surface area contributed by atoms with E-state index < -0.39 is 56.7 Å². The van der Waals surface area contributed by atoms with Crippen LogP contribution in [0.15, 0.2) is 59.5 Å². The lowest BCUT2D eigenvalue weighted by atomic mass is 9.97. The summed E-state index contributed by atoms with van der Waals surface area (Å²) in [5, 5.41) is 11.5. The maximum Gasteiger partial charge on any atom is 0.339 e. The Labute approximate surface area is 205 Å². The Bertz CT molecular complexity index is 1270. The van der Waals surface area contributed by atoms with Gasteiger partial charge in [-0.15, -0.1) is 0 Å². The molecule has 0 fully saturated rings. The second-order valence-electron chi connectivity index (χ2n) is 7.91. The summed E-state index contributed by atoms with van der Waals surface area (Å²) >= 11 is 0. The third kappa shape index (κ3) is 6.86. The van der Waals surface area contributed by atoms with Crippen molar-refractivity contribution in [2.75, 3.05) is 24.4 Å². The fraction of sp³-hybridized carbons (Fsp3) is 0.292. The standard InChI is InChI=1S/C24H25NO8S2/c1-34(30)13-11-20(23(27)28)25-21(26)12-14-35(31,32)18-9-7-16(8-10-18)19-15-33-24(29)22(19)17-5-3-2-4-6-17/h2-10,20H,11-15H2,1H3,(H,25,26)(H,27,28). The van der Waals surface area contributed by atoms with Crippen LogP contribution in [0.3, 0.4) is 0 Å². The maximum atomic E-state index is 12.7. The smallest absolute Gasteiger partial charge is 0.339 e. The van der Waals surface area contributed by atoms with Crippen LogP contribution in [0.5, 0.6) is 0 Å². The lowest BCUT2D eigenvalue weighted by molar-refractivity contribution is -0.141. The van der Waals surface area contributed by atoms with Gasteiger partial charge in [0.1, 0.15) is 12.6 Å². The molecule has 2 aromatic carbocycles. The highest BCUT2D eigenvalue weighted by Gasteiger charge is 2.27. The molecule has 11 heteroatoms. The fourth-order valence-electron chi connectivity index (χ4n) is 3.55. The Kier molecular flexibility index (Phi) is 8.57. The van der Waals surface area contributed by atoms with Crippen molar-refractivity contribution in [2.45, 2.75) is 23.8 Å². The predicted molar refractivity (Wildman–Crippen MR) is 130 cm³/mol. The van der Waals surface area contributed by atoms with Crippen LogP contribution in [0.4, 0.5) is 0 Å². The van der Waals surface area contributed by atoms with E-state index in [-0.39, 0.29) is 23.7 Å². The van der Waals surface area contributed by atoms with Crippen LogP contribution in [-0.2, 0) is 39.8 Å². The first-order chi connectivity index (χ1) is 16.6. The molecule has 0 radical (unpaired) electrons. The molecule has 2 unspecified atom stereocenters. The summed E-state index contributed by atoms with van der Waals surface area (Å²) < 4.78 is 41.8. The van der Waals surface area contributed by atoms with Crippen LogP contribution >= 0.6 is 0 Å². The number of carboxylic acid groups (broad SMARTS) is 1. The third-order valence-corrected chi connectivity index (χ3v) is 7.95. The SMILES string of the molecule is CS(=O)CCC(NC(=O)CCS(=O)(=O)c1ccc(C2=C(c3ccccc3)C(=O)OC2)cc1)C(=O)O. The van der Waals surface area contributed by atoms with Gasteiger partial charge in [0.05, 0.1) is 16.2 Å². The molecule has 1 aliphatic heterocycles. The monoisotopic (exact) mass is 519 g/mol. The van der Waals surface area contributed by atoms with Gasteiger partial charge in [-0.1, -0.05) is 42.5 Å². The zero-order chi connectivity index (χ0) is 25.6. The van der Waals surface area contributed by atoms with Crippen molar-refractivity contribution < 1.29 is 36.9 Å². The Morgan fingerprint density at radius 1 is 1.09 bits per heavy atom. The number of esters is 1. The van der Waals surface area contributed by atoms with E-state index in [1.54, 1.807) is 36.4 Å². The van der Waals surface area contributed by atoms with Gasteiger partial charge in [0.15, 0.2) is 9.84 Å². The van der Waals surface area contributed by atoms with Gasteiger partial charge in [-0.3, -0.25) is 9.00 Å². The average molecular weight is 520 g/mol. The summed E-state index contributed by atoms with van der Waals surface area (Å²) in [5.41, 5.74) is 2.43. The summed E-state index contributed by atoms with van der Waals surface area (Å²) in [6.07, 6.45) is 0.982. The number of carboxylic acids is 1. The minimum absolute atomic E-state index is 0.00248. The first-order valence-corrected chi connectivity index (χ1v) is 14.1. The first-order valence-electron chi connectivity index (χ1n) is 10.7. The number of aliphatic carboxylic acids is 1. The second kappa shape index (κ2) is 11.4. The number of ether oxygens (including phenoxy) is 1. The van der Waals surface area contributed by atoms with Crippen molar-refractivity contribution >= 4 is 49.6 Å². The molecule has 2 atom stereocenters. The number of carbonyl (C=O) groups is 3. The molecule has 0 bridgehead atoms. The molecule has 0 spiro atoms. The fourth-order valence-corrected chi connectivity index (χ4v) is 5.35. The Balaban J connectivity index is 1.69. The van der Waals surface area contributed by atoms with Crippen molar-refractivity contribution in [1.82, 2.24) is 5.32 Å². The predicted octanol–water partition coefficient (Wildman–Crippen LogP) is 1.66. The summed E-state index contributed by atoms with van der Waals surface area (Å²) in [6, 6.07) is 13.8. The number of cyclic esters (lactones) is 1. The van der Waals surface area contributed by atoms with Crippen LogP contribution in [0.25, 0.3) is 11.1 Å². The van der Waals surface area contributed by atoms with Crippen LogP contribution in [0.2, 0.25) is 0 Å². The molecule has 1 heterocycles. The number of carbonyl (C=O) groups excluding carboxylic acids is 2. The second-order valence-corrected chi connectivity index (χ2v) is 11.6. The molecule has 186 valence electrons. The van der Waals surface area contributed by atoms with E-state index in [1.807, 2.05) is 6.07 Å². The first kappa shape index (κ1) is 26.3. The molecular weight excluding hydrogens is 494 g/mol. The van der Waals surface area contributed by atoms with Gasteiger partial charge in [-0.05, 0) is 29.7 Å². The third-order valence-electron chi connectivity index (χ3n) is 5.40. The lowest BCUT2D eigenvalue weighted by Gasteiger charge is -2.14. The lowest BCUT2D eigenvalue weighted by Crippen LogP contribution is -2.42. The molecule has 2 N–H and O–H groups in total. The van der Waals surface area contributed by atoms with Gasteiger partial charge in [-0.25, -0.2) is 18.0 Å². The topological polar surface area (TPSA) is 144 Å². The van der Waals surface area contributed by atoms with E-state index in [0.29, 0.717) is 22.3 Å². The van der Waals surface area contributed by atoms with Crippen LogP contribution in [0.1, 0.15) is 24.0 Å². The zero-order valence-corrected chi connectivity index (χ0v) is 20.6. The number of hydrogen-bond donors (Lipinski definition) is 2. The molecule has 0 saturated carbocycles. The zero-order valence-electron chi connectivity index (χ0n) is 18.9. The number of hydrogen-bond acceptors (Lipinski definition) is 7. The summed E-state index contributed by atoms with van der Waals surface area (Å²) in [7, 11) is -5.04. The Morgan fingerprint density at radius 3 is 2.34 bits per heavy atom. The molecular formula is C24H25NO8S2. The van der Waals surface area contributed by atoms with Crippen molar-refractivity contribution in [3.63, 3.8) is 0 Å². The van der Waals surface area contributed by atoms with Gasteiger partial charge >= 0.3 is 11.9 Å². The quantitative estimate of drug-likeness (QED) is 0.427. The minimum atomic E-state index is -3.82. The molecule has 0 aliphatic carbocycles. The Morgan fingerprint density at radius 2 is 1.74 bits per heavy atom. The highest BCUT2D eigenvalue weighted by molar-refractivity contribution is 7.91. The molecule has 2 aromatic rings. The molecule has 1 aliphatic rings. The summed E-state index contributed by atoms with van der Waals surface area (Å²) in [5.74, 6) is -2.86. The van der Waals surface area contributed by atoms with Crippen molar-refractivity contribution in [2.24, 2.45) is 0 Å². The molecule has 1 amide bonds. The van der Waals surface area contributed by atoms with Crippen LogP contribution < -0.4 is 5.32 Å². The highest BCUT2D eigenvalue weighted by atomic mass is 32.2. The van der Waals surface area contributed by atoms with Gasteiger partial charge in [-0.2, -0.15) is 0 Å². The van der Waals surface area contributed by atoms with Gasteiger partial charge in [0, 0.05) is 34.8 Å². The van der Waals surface area contributed by atoms with E-state index in [0.717, 1.165) is 0 Å². The van der Waals surface area contributed by atoms with E-state index in [1.165, 1.54) is 18.4 Å². The summed E-state index contributed by atoms with van der Waals surface area (Å²) in [4.78, 5) is 35.7. The minimum Gasteiger partial charge on any atom is -0.480 e. The van der Waals surface area contributed by atoms with E-state index in [4.69, 9.17) is 4.74 Å². The Hall–Kier alpha value is -3.31. The largest absolute Gasteiger partial charge is 0.480 e. The molecule has 0 aromatic heterocycles. The van der Waals surface area contributed by atoms with E-state index >= 15 is 0 Å². The average Bonchev–Trinajstić information content (AvgIpc) is 3.22. The van der Waals surface area contributed by atoms with Gasteiger partial charge in [0.25, 0.3) is 0 Å². The normalized spacial score (nSPS) is 15.4. The number of nitrogens with one attached hydrogen (secondary N) is 1.